The molecule has 4 aliphatic rings. The van der Waals surface area contributed by atoms with E-state index in [9.17, 15) is 18.3 Å². The van der Waals surface area contributed by atoms with Crippen LogP contribution in [0.25, 0.3) is 0 Å². The molecule has 0 unspecified atom stereocenters. The molecule has 2 bridgehead atoms. The van der Waals surface area contributed by atoms with Crippen molar-refractivity contribution in [3.05, 3.63) is 102 Å². The van der Waals surface area contributed by atoms with Crippen LogP contribution < -0.4 is 0 Å². The molecule has 3 aromatic carbocycles. The summed E-state index contributed by atoms with van der Waals surface area (Å²) in [5, 5.41) is 10.3. The first-order chi connectivity index (χ1) is 17.8. The molecule has 194 valence electrons. The van der Waals surface area contributed by atoms with Crippen LogP contribution in [0.3, 0.4) is 0 Å². The van der Waals surface area contributed by atoms with Crippen molar-refractivity contribution in [1.29, 1.82) is 0 Å². The third kappa shape index (κ3) is 4.77. The number of carboxylic acid groups (broad SMARTS) is 1. The second-order valence-corrected chi connectivity index (χ2v) is 11.4. The molecule has 0 aliphatic carbocycles. The first-order valence-corrected chi connectivity index (χ1v) is 14.1. The largest absolute Gasteiger partial charge is 0.465 e. The Morgan fingerprint density at radius 2 is 1.43 bits per heavy atom. The Hall–Kier alpha value is -3.20. The summed E-state index contributed by atoms with van der Waals surface area (Å²) in [6.45, 7) is 3.85. The van der Waals surface area contributed by atoms with Crippen LogP contribution in [0.15, 0.2) is 89.8 Å². The Bertz CT molecular complexity index is 1340. The number of hydrogen-bond donors (Lipinski definition) is 2. The van der Waals surface area contributed by atoms with Crippen molar-refractivity contribution in [2.45, 2.75) is 29.7 Å². The molecule has 1 amide bonds. The number of hydrogen-bond acceptors (Lipinski definition) is 4. The normalized spacial score (nSPS) is 26.5. The van der Waals surface area contributed by atoms with Crippen LogP contribution in [-0.2, 0) is 22.1 Å². The number of carbonyl (C=O) groups is 1. The molecule has 4 aliphatic heterocycles. The first-order valence-electron chi connectivity index (χ1n) is 12.7. The van der Waals surface area contributed by atoms with Crippen molar-refractivity contribution >= 4 is 16.2 Å². The first kappa shape index (κ1) is 25.4. The Morgan fingerprint density at radius 1 is 0.838 bits per heavy atom. The summed E-state index contributed by atoms with van der Waals surface area (Å²) in [7, 11) is -4.00. The molecular formula is C29H32N2O5S. The molecule has 7 rings (SSSR count). The van der Waals surface area contributed by atoms with E-state index in [0.29, 0.717) is 18.4 Å². The highest BCUT2D eigenvalue weighted by Crippen LogP contribution is 2.53. The van der Waals surface area contributed by atoms with E-state index in [1.54, 1.807) is 23.1 Å². The highest BCUT2D eigenvalue weighted by molar-refractivity contribution is 7.85. The van der Waals surface area contributed by atoms with E-state index in [4.69, 9.17) is 4.55 Å². The van der Waals surface area contributed by atoms with Crippen LogP contribution in [0.4, 0.5) is 4.79 Å². The van der Waals surface area contributed by atoms with Crippen LogP contribution in [0.2, 0.25) is 0 Å². The van der Waals surface area contributed by atoms with Crippen molar-refractivity contribution in [3.8, 4) is 0 Å². The monoisotopic (exact) mass is 520 g/mol. The van der Waals surface area contributed by atoms with Gasteiger partial charge >= 0.3 is 6.09 Å². The molecule has 0 spiro atoms. The molecule has 3 fully saturated rings. The number of benzene rings is 3. The van der Waals surface area contributed by atoms with E-state index in [2.05, 4.69) is 53.4 Å². The quantitative estimate of drug-likeness (QED) is 0.484. The van der Waals surface area contributed by atoms with Gasteiger partial charge in [-0.25, -0.2) is 4.79 Å². The van der Waals surface area contributed by atoms with Gasteiger partial charge in [-0.1, -0.05) is 72.8 Å². The zero-order valence-corrected chi connectivity index (χ0v) is 21.4. The molecular weight excluding hydrogens is 488 g/mol. The van der Waals surface area contributed by atoms with Gasteiger partial charge in [-0.15, -0.1) is 0 Å². The fourth-order valence-electron chi connectivity index (χ4n) is 6.56. The standard InChI is InChI=1S/C23H26N2O2.C6H6O3S/c26-22(27)25-15-12-17-6-4-5-9-20(17)23(25,19-7-2-1-3-8-19)21-16-24-13-10-18(21)11-14-24;7-10(8,9)6-4-2-1-3-5-6/h1-9,18,21H,10-16H2,(H,26,27);1-5H,(H,7,8,9)/t21-,23+;/m0./s1. The molecule has 3 saturated heterocycles. The van der Waals surface area contributed by atoms with Gasteiger partial charge in [0, 0.05) is 19.0 Å². The minimum absolute atomic E-state index is 0.0741. The summed E-state index contributed by atoms with van der Waals surface area (Å²) in [6, 6.07) is 26.3. The maximum Gasteiger partial charge on any atom is 0.408 e. The average Bonchev–Trinajstić information content (AvgIpc) is 2.93. The second kappa shape index (κ2) is 10.3. The van der Waals surface area contributed by atoms with Crippen molar-refractivity contribution in [2.24, 2.45) is 11.8 Å². The lowest BCUT2D eigenvalue weighted by molar-refractivity contribution is -0.0422. The van der Waals surface area contributed by atoms with Crippen LogP contribution in [-0.4, -0.2) is 60.1 Å². The number of piperidine rings is 3. The summed E-state index contributed by atoms with van der Waals surface area (Å²) >= 11 is 0. The highest BCUT2D eigenvalue weighted by Gasteiger charge is 2.56. The molecule has 4 heterocycles. The Morgan fingerprint density at radius 3 is 1.97 bits per heavy atom. The highest BCUT2D eigenvalue weighted by atomic mass is 32.2. The fraction of sp³-hybridized carbons (Fsp3) is 0.345. The maximum absolute atomic E-state index is 12.5. The molecule has 0 aromatic heterocycles. The van der Waals surface area contributed by atoms with E-state index in [1.807, 2.05) is 6.07 Å². The number of rotatable bonds is 3. The minimum atomic E-state index is -4.00. The average molecular weight is 521 g/mol. The fourth-order valence-corrected chi connectivity index (χ4v) is 7.06. The summed E-state index contributed by atoms with van der Waals surface area (Å²) < 4.78 is 29.2. The van der Waals surface area contributed by atoms with E-state index in [1.165, 1.54) is 36.1 Å². The van der Waals surface area contributed by atoms with E-state index >= 15 is 0 Å². The molecule has 2 N–H and O–H groups in total. The van der Waals surface area contributed by atoms with E-state index in [0.717, 1.165) is 31.6 Å². The molecule has 3 aromatic rings. The Kier molecular flexibility index (Phi) is 7.07. The number of nitrogens with zero attached hydrogens (tertiary/aromatic N) is 2. The van der Waals surface area contributed by atoms with Gasteiger partial charge < -0.3 is 10.0 Å². The van der Waals surface area contributed by atoms with Crippen molar-refractivity contribution in [1.82, 2.24) is 9.80 Å². The summed E-state index contributed by atoms with van der Waals surface area (Å²) in [5.41, 5.74) is 3.03. The van der Waals surface area contributed by atoms with Gasteiger partial charge in [0.1, 0.15) is 5.54 Å². The summed E-state index contributed by atoms with van der Waals surface area (Å²) in [5.74, 6) is 0.864. The SMILES string of the molecule is O=C(O)N1CCc2ccccc2[C@]1(c1ccccc1)[C@H]1CN2CCC1CC2.O=S(=O)(O)c1ccccc1. The molecule has 0 radical (unpaired) electrons. The van der Waals surface area contributed by atoms with Gasteiger partial charge in [0.15, 0.2) is 0 Å². The molecule has 8 heteroatoms. The Labute approximate surface area is 218 Å². The van der Waals surface area contributed by atoms with Crippen LogP contribution >= 0.6 is 0 Å². The topological polar surface area (TPSA) is 98.2 Å². The molecule has 2 atom stereocenters. The van der Waals surface area contributed by atoms with Crippen molar-refractivity contribution in [2.75, 3.05) is 26.2 Å². The lowest BCUT2D eigenvalue weighted by atomic mass is 9.60. The number of amides is 1. The third-order valence-corrected chi connectivity index (χ3v) is 9.01. The van der Waals surface area contributed by atoms with Crippen LogP contribution in [0.5, 0.6) is 0 Å². The predicted molar refractivity (Wildman–Crippen MR) is 141 cm³/mol. The van der Waals surface area contributed by atoms with Gasteiger partial charge in [0.2, 0.25) is 0 Å². The zero-order valence-electron chi connectivity index (χ0n) is 20.6. The van der Waals surface area contributed by atoms with Gasteiger partial charge in [0.25, 0.3) is 10.1 Å². The van der Waals surface area contributed by atoms with Gasteiger partial charge in [0.05, 0.1) is 4.90 Å². The summed E-state index contributed by atoms with van der Waals surface area (Å²) in [4.78, 5) is 16.7. The van der Waals surface area contributed by atoms with E-state index in [-0.39, 0.29) is 4.90 Å². The smallest absolute Gasteiger partial charge is 0.408 e. The molecule has 7 nitrogen and oxygen atoms in total. The number of fused-ring (bicyclic) bond motifs is 4. The second-order valence-electron chi connectivity index (χ2n) is 10.0. The summed E-state index contributed by atoms with van der Waals surface area (Å²) in [6.07, 6.45) is 2.34. The minimum Gasteiger partial charge on any atom is -0.465 e. The Balaban J connectivity index is 0.000000237. The van der Waals surface area contributed by atoms with Crippen molar-refractivity contribution < 1.29 is 22.9 Å². The zero-order chi connectivity index (χ0) is 26.0. The van der Waals surface area contributed by atoms with Crippen LogP contribution in [0, 0.1) is 11.8 Å². The van der Waals surface area contributed by atoms with Crippen molar-refractivity contribution in [3.63, 3.8) is 0 Å². The lowest BCUT2D eigenvalue weighted by Crippen LogP contribution is -2.64. The van der Waals surface area contributed by atoms with Gasteiger partial charge in [-0.3, -0.25) is 9.45 Å². The lowest BCUT2D eigenvalue weighted by Gasteiger charge is -2.58. The predicted octanol–water partition coefficient (Wildman–Crippen LogP) is 4.74. The van der Waals surface area contributed by atoms with Gasteiger partial charge in [-0.2, -0.15) is 8.42 Å². The molecule has 0 saturated carbocycles. The van der Waals surface area contributed by atoms with E-state index < -0.39 is 21.8 Å². The van der Waals surface area contributed by atoms with Gasteiger partial charge in [-0.05, 0) is 67.1 Å². The van der Waals surface area contributed by atoms with Crippen LogP contribution in [0.1, 0.15) is 29.5 Å². The maximum atomic E-state index is 12.5. The third-order valence-electron chi connectivity index (χ3n) is 8.14. The molecule has 37 heavy (non-hydrogen) atoms.